The average Bonchev–Trinajstić information content (AvgIpc) is 2.93. The Balaban J connectivity index is 1.96. The van der Waals surface area contributed by atoms with Crippen LogP contribution in [-0.4, -0.2) is 20.4 Å². The first kappa shape index (κ1) is 16.8. The minimum atomic E-state index is -0.692. The first-order chi connectivity index (χ1) is 13.0. The molecular weight excluding hydrogens is 342 g/mol. The van der Waals surface area contributed by atoms with Crippen LogP contribution in [0.25, 0.3) is 17.3 Å². The Morgan fingerprint density at radius 2 is 1.85 bits per heavy atom. The fourth-order valence-electron chi connectivity index (χ4n) is 3.24. The molecule has 2 N–H and O–H groups in total. The molecule has 0 atom stereocenters. The predicted molar refractivity (Wildman–Crippen MR) is 106 cm³/mol. The molecule has 4 rings (SSSR count). The average molecular weight is 359 g/mol. The van der Waals surface area contributed by atoms with Crippen LogP contribution in [0.4, 0.5) is 5.69 Å². The lowest BCUT2D eigenvalue weighted by Crippen LogP contribution is -2.30. The standard InChI is InChI=1S/C21H17N3O3/c1-12-6-5-7-14(10-12)24-20(26)17(19(25)23-21(24)27)11-16-13(2)22-18-9-4-3-8-15(16)18/h3-11,26H,1-2H3,(H,23,25,27). The van der Waals surface area contributed by atoms with E-state index in [4.69, 9.17) is 0 Å². The second-order valence-electron chi connectivity index (χ2n) is 6.44. The van der Waals surface area contributed by atoms with Crippen LogP contribution in [0.15, 0.2) is 63.1 Å². The number of allylic oxidation sites excluding steroid dienone is 1. The molecule has 0 fully saturated rings. The number of fused-ring (bicyclic) bond motifs is 1. The van der Waals surface area contributed by atoms with Crippen LogP contribution in [-0.2, 0) is 0 Å². The maximum Gasteiger partial charge on any atom is 0.335 e. The SMILES string of the molecule is CC1=Nc2ccccc2C1=Cc1c(O)n(-c2cccc(C)c2)c(=O)[nH]c1=O. The van der Waals surface area contributed by atoms with E-state index in [0.29, 0.717) is 5.69 Å². The van der Waals surface area contributed by atoms with Crippen molar-refractivity contribution in [2.45, 2.75) is 13.8 Å². The molecule has 1 aliphatic heterocycles. The number of aryl methyl sites for hydroxylation is 1. The number of para-hydroxylation sites is 1. The zero-order valence-electron chi connectivity index (χ0n) is 14.9. The van der Waals surface area contributed by atoms with E-state index in [-0.39, 0.29) is 5.56 Å². The normalized spacial score (nSPS) is 14.3. The van der Waals surface area contributed by atoms with Crippen molar-refractivity contribution >= 4 is 23.0 Å². The summed E-state index contributed by atoms with van der Waals surface area (Å²) in [6.07, 6.45) is 1.57. The first-order valence-electron chi connectivity index (χ1n) is 8.48. The Bertz CT molecular complexity index is 1250. The van der Waals surface area contributed by atoms with Gasteiger partial charge in [-0.2, -0.15) is 0 Å². The Morgan fingerprint density at radius 1 is 1.07 bits per heavy atom. The van der Waals surface area contributed by atoms with Crippen molar-refractivity contribution in [3.8, 4) is 11.6 Å². The van der Waals surface area contributed by atoms with Crippen molar-refractivity contribution in [2.24, 2.45) is 4.99 Å². The van der Waals surface area contributed by atoms with Crippen LogP contribution >= 0.6 is 0 Å². The van der Waals surface area contributed by atoms with Gasteiger partial charge in [0, 0.05) is 16.8 Å². The Hall–Kier alpha value is -3.67. The lowest BCUT2D eigenvalue weighted by Gasteiger charge is -2.11. The van der Waals surface area contributed by atoms with Crippen LogP contribution in [0.5, 0.6) is 5.88 Å². The van der Waals surface area contributed by atoms with Gasteiger partial charge in [0.25, 0.3) is 5.56 Å². The highest BCUT2D eigenvalue weighted by molar-refractivity contribution is 6.31. The number of benzene rings is 2. The van der Waals surface area contributed by atoms with Gasteiger partial charge in [-0.25, -0.2) is 9.36 Å². The fourth-order valence-corrected chi connectivity index (χ4v) is 3.24. The number of aromatic hydroxyl groups is 1. The number of H-pyrrole nitrogens is 1. The second-order valence-corrected chi connectivity index (χ2v) is 6.44. The maximum atomic E-state index is 12.4. The van der Waals surface area contributed by atoms with Gasteiger partial charge in [-0.05, 0) is 43.7 Å². The van der Waals surface area contributed by atoms with Crippen molar-refractivity contribution in [2.75, 3.05) is 0 Å². The molecule has 2 heterocycles. The summed E-state index contributed by atoms with van der Waals surface area (Å²) in [7, 11) is 0. The Morgan fingerprint density at radius 3 is 2.63 bits per heavy atom. The summed E-state index contributed by atoms with van der Waals surface area (Å²) in [5, 5.41) is 10.7. The van der Waals surface area contributed by atoms with E-state index in [1.165, 1.54) is 0 Å². The van der Waals surface area contributed by atoms with Crippen molar-refractivity contribution in [1.29, 1.82) is 0 Å². The molecule has 6 nitrogen and oxygen atoms in total. The lowest BCUT2D eigenvalue weighted by molar-refractivity contribution is 0.429. The number of nitrogens with zero attached hydrogens (tertiary/aromatic N) is 2. The monoisotopic (exact) mass is 359 g/mol. The van der Waals surface area contributed by atoms with Gasteiger partial charge in [0.05, 0.1) is 11.4 Å². The number of rotatable bonds is 2. The van der Waals surface area contributed by atoms with Gasteiger partial charge in [-0.1, -0.05) is 30.3 Å². The largest absolute Gasteiger partial charge is 0.494 e. The first-order valence-corrected chi connectivity index (χ1v) is 8.48. The molecule has 3 aromatic rings. The fraction of sp³-hybridized carbons (Fsp3) is 0.0952. The van der Waals surface area contributed by atoms with Crippen LogP contribution in [0.2, 0.25) is 0 Å². The number of aromatic amines is 1. The van der Waals surface area contributed by atoms with E-state index in [0.717, 1.165) is 32.7 Å². The molecule has 0 saturated carbocycles. The molecule has 1 aliphatic rings. The van der Waals surface area contributed by atoms with Crippen LogP contribution in [0.1, 0.15) is 23.6 Å². The van der Waals surface area contributed by atoms with Gasteiger partial charge >= 0.3 is 5.69 Å². The highest BCUT2D eigenvalue weighted by Crippen LogP contribution is 2.36. The zero-order valence-corrected chi connectivity index (χ0v) is 14.9. The molecule has 0 unspecified atom stereocenters. The molecule has 0 radical (unpaired) electrons. The number of hydrogen-bond acceptors (Lipinski definition) is 4. The van der Waals surface area contributed by atoms with Gasteiger partial charge in [0.1, 0.15) is 5.56 Å². The lowest BCUT2D eigenvalue weighted by atomic mass is 10.0. The van der Waals surface area contributed by atoms with E-state index in [1.807, 2.05) is 44.2 Å². The van der Waals surface area contributed by atoms with E-state index in [2.05, 4.69) is 9.98 Å². The quantitative estimate of drug-likeness (QED) is 0.737. The third-order valence-electron chi connectivity index (χ3n) is 4.54. The molecular formula is C21H17N3O3. The van der Waals surface area contributed by atoms with Gasteiger partial charge in [0.2, 0.25) is 5.88 Å². The molecule has 0 spiro atoms. The number of hydrogen-bond donors (Lipinski definition) is 2. The van der Waals surface area contributed by atoms with Gasteiger partial charge in [0.15, 0.2) is 0 Å². The molecule has 0 aliphatic carbocycles. The van der Waals surface area contributed by atoms with Crippen molar-refractivity contribution in [3.05, 3.63) is 86.1 Å². The van der Waals surface area contributed by atoms with Gasteiger partial charge in [-0.3, -0.25) is 14.8 Å². The topological polar surface area (TPSA) is 87.4 Å². The molecule has 0 bridgehead atoms. The summed E-state index contributed by atoms with van der Waals surface area (Å²) < 4.78 is 1.09. The number of aliphatic imine (C=N–C) groups is 1. The van der Waals surface area contributed by atoms with Crippen molar-refractivity contribution < 1.29 is 5.11 Å². The number of aromatic nitrogens is 2. The summed E-state index contributed by atoms with van der Waals surface area (Å²) in [6, 6.07) is 14.7. The van der Waals surface area contributed by atoms with Crippen molar-refractivity contribution in [1.82, 2.24) is 9.55 Å². The zero-order chi connectivity index (χ0) is 19.1. The Labute approximate surface area is 154 Å². The third-order valence-corrected chi connectivity index (χ3v) is 4.54. The molecule has 6 heteroatoms. The van der Waals surface area contributed by atoms with Gasteiger partial charge in [-0.15, -0.1) is 0 Å². The summed E-state index contributed by atoms with van der Waals surface area (Å²) in [6.45, 7) is 3.73. The van der Waals surface area contributed by atoms with Crippen molar-refractivity contribution in [3.63, 3.8) is 0 Å². The van der Waals surface area contributed by atoms with Crippen LogP contribution in [0, 0.1) is 6.92 Å². The smallest absolute Gasteiger partial charge is 0.335 e. The summed E-state index contributed by atoms with van der Waals surface area (Å²) in [5.41, 5.74) is 3.24. The van der Waals surface area contributed by atoms with E-state index >= 15 is 0 Å². The molecule has 0 amide bonds. The third kappa shape index (κ3) is 2.81. The second kappa shape index (κ2) is 6.25. The minimum Gasteiger partial charge on any atom is -0.494 e. The molecule has 2 aromatic carbocycles. The summed E-state index contributed by atoms with van der Waals surface area (Å²) in [4.78, 5) is 31.5. The highest BCUT2D eigenvalue weighted by atomic mass is 16.3. The Kier molecular flexibility index (Phi) is 3.88. The van der Waals surface area contributed by atoms with Crippen LogP contribution < -0.4 is 11.2 Å². The number of nitrogens with one attached hydrogen (secondary N) is 1. The summed E-state index contributed by atoms with van der Waals surface area (Å²) in [5.74, 6) is -0.404. The molecule has 134 valence electrons. The molecule has 27 heavy (non-hydrogen) atoms. The van der Waals surface area contributed by atoms with E-state index in [1.54, 1.807) is 24.3 Å². The minimum absolute atomic E-state index is 0.0114. The highest BCUT2D eigenvalue weighted by Gasteiger charge is 2.20. The predicted octanol–water partition coefficient (Wildman–Crippen LogP) is 3.19. The van der Waals surface area contributed by atoms with E-state index < -0.39 is 17.1 Å². The maximum absolute atomic E-state index is 12.4. The van der Waals surface area contributed by atoms with Crippen LogP contribution in [0.3, 0.4) is 0 Å². The van der Waals surface area contributed by atoms with Gasteiger partial charge < -0.3 is 5.11 Å². The molecule has 1 aromatic heterocycles. The summed E-state index contributed by atoms with van der Waals surface area (Å²) >= 11 is 0. The van der Waals surface area contributed by atoms with E-state index in [9.17, 15) is 14.7 Å². The molecule has 0 saturated heterocycles.